The van der Waals surface area contributed by atoms with Crippen LogP contribution in [0.4, 0.5) is 10.1 Å². The SMILES string of the molecule is Nc1ccc(F)cc1C(=O)c1ccc(Cl)cc1Cl. The molecule has 0 saturated carbocycles. The molecule has 2 aromatic rings. The molecule has 0 unspecified atom stereocenters. The molecule has 0 heterocycles. The van der Waals surface area contributed by atoms with E-state index in [1.165, 1.54) is 30.3 Å². The van der Waals surface area contributed by atoms with Crippen LogP contribution in [0.1, 0.15) is 15.9 Å². The summed E-state index contributed by atoms with van der Waals surface area (Å²) in [5.41, 5.74) is 6.17. The fourth-order valence-corrected chi connectivity index (χ4v) is 2.04. The second kappa shape index (κ2) is 4.96. The van der Waals surface area contributed by atoms with Gasteiger partial charge in [-0.25, -0.2) is 4.39 Å². The molecule has 0 spiro atoms. The molecule has 5 heteroatoms. The van der Waals surface area contributed by atoms with Gasteiger partial charge in [-0.1, -0.05) is 23.2 Å². The molecule has 0 aliphatic rings. The van der Waals surface area contributed by atoms with Crippen LogP contribution >= 0.6 is 23.2 Å². The molecular weight excluding hydrogens is 276 g/mol. The first kappa shape index (κ1) is 12.9. The third kappa shape index (κ3) is 2.47. The van der Waals surface area contributed by atoms with E-state index in [0.29, 0.717) is 5.02 Å². The van der Waals surface area contributed by atoms with Gasteiger partial charge in [-0.05, 0) is 36.4 Å². The zero-order valence-corrected chi connectivity index (χ0v) is 10.6. The maximum atomic E-state index is 13.1. The maximum absolute atomic E-state index is 13.1. The van der Waals surface area contributed by atoms with Crippen LogP contribution in [0, 0.1) is 5.82 Å². The van der Waals surface area contributed by atoms with Crippen molar-refractivity contribution in [2.24, 2.45) is 0 Å². The average Bonchev–Trinajstić information content (AvgIpc) is 2.31. The molecule has 2 nitrogen and oxygen atoms in total. The lowest BCUT2D eigenvalue weighted by molar-refractivity contribution is 0.103. The van der Waals surface area contributed by atoms with Gasteiger partial charge in [0, 0.05) is 21.8 Å². The van der Waals surface area contributed by atoms with E-state index in [2.05, 4.69) is 0 Å². The number of carbonyl (C=O) groups is 1. The zero-order chi connectivity index (χ0) is 13.3. The van der Waals surface area contributed by atoms with E-state index in [-0.39, 0.29) is 21.8 Å². The zero-order valence-electron chi connectivity index (χ0n) is 9.08. The third-order valence-corrected chi connectivity index (χ3v) is 2.98. The highest BCUT2D eigenvalue weighted by atomic mass is 35.5. The first-order chi connectivity index (χ1) is 8.49. The van der Waals surface area contributed by atoms with Crippen LogP contribution in [0.3, 0.4) is 0 Å². The number of rotatable bonds is 2. The molecule has 0 aliphatic heterocycles. The van der Waals surface area contributed by atoms with Gasteiger partial charge in [-0.3, -0.25) is 4.79 Å². The van der Waals surface area contributed by atoms with E-state index in [9.17, 15) is 9.18 Å². The van der Waals surface area contributed by atoms with Crippen molar-refractivity contribution in [3.63, 3.8) is 0 Å². The molecule has 2 aromatic carbocycles. The van der Waals surface area contributed by atoms with Gasteiger partial charge in [-0.15, -0.1) is 0 Å². The van der Waals surface area contributed by atoms with Gasteiger partial charge >= 0.3 is 0 Å². The van der Waals surface area contributed by atoms with Crippen molar-refractivity contribution in [1.82, 2.24) is 0 Å². The molecule has 0 atom stereocenters. The van der Waals surface area contributed by atoms with E-state index in [1.807, 2.05) is 0 Å². The fourth-order valence-electron chi connectivity index (χ4n) is 1.54. The number of anilines is 1. The smallest absolute Gasteiger partial charge is 0.196 e. The molecule has 2 rings (SSSR count). The Labute approximate surface area is 113 Å². The van der Waals surface area contributed by atoms with Gasteiger partial charge in [0.25, 0.3) is 0 Å². The van der Waals surface area contributed by atoms with E-state index >= 15 is 0 Å². The topological polar surface area (TPSA) is 43.1 Å². The minimum Gasteiger partial charge on any atom is -0.398 e. The van der Waals surface area contributed by atoms with E-state index in [1.54, 1.807) is 0 Å². The monoisotopic (exact) mass is 283 g/mol. The Morgan fingerprint density at radius 3 is 2.44 bits per heavy atom. The van der Waals surface area contributed by atoms with Gasteiger partial charge in [0.15, 0.2) is 5.78 Å². The highest BCUT2D eigenvalue weighted by Gasteiger charge is 2.16. The first-order valence-electron chi connectivity index (χ1n) is 5.04. The Morgan fingerprint density at radius 1 is 1.06 bits per heavy atom. The predicted octanol–water partition coefficient (Wildman–Crippen LogP) is 3.95. The van der Waals surface area contributed by atoms with Crippen molar-refractivity contribution in [2.75, 3.05) is 5.73 Å². The second-order valence-electron chi connectivity index (χ2n) is 3.68. The van der Waals surface area contributed by atoms with Gasteiger partial charge in [0.05, 0.1) is 5.02 Å². The van der Waals surface area contributed by atoms with Crippen LogP contribution in [0.25, 0.3) is 0 Å². The molecule has 0 bridgehead atoms. The van der Waals surface area contributed by atoms with Gasteiger partial charge in [-0.2, -0.15) is 0 Å². The van der Waals surface area contributed by atoms with Crippen molar-refractivity contribution in [3.05, 3.63) is 63.4 Å². The van der Waals surface area contributed by atoms with E-state index < -0.39 is 11.6 Å². The van der Waals surface area contributed by atoms with Crippen LogP contribution in [-0.4, -0.2) is 5.78 Å². The molecule has 0 fully saturated rings. The number of nitrogens with two attached hydrogens (primary N) is 1. The van der Waals surface area contributed by atoms with Crippen molar-refractivity contribution in [1.29, 1.82) is 0 Å². The Balaban J connectivity index is 2.51. The quantitative estimate of drug-likeness (QED) is 0.670. The van der Waals surface area contributed by atoms with Crippen LogP contribution in [0.15, 0.2) is 36.4 Å². The number of nitrogen functional groups attached to an aromatic ring is 1. The Bertz CT molecular complexity index is 628. The van der Waals surface area contributed by atoms with Crippen LogP contribution in [0.2, 0.25) is 10.0 Å². The summed E-state index contributed by atoms with van der Waals surface area (Å²) in [5, 5.41) is 0.625. The van der Waals surface area contributed by atoms with Gasteiger partial charge < -0.3 is 5.73 Å². The Kier molecular flexibility index (Phi) is 3.55. The molecule has 92 valence electrons. The molecule has 0 saturated heterocycles. The highest BCUT2D eigenvalue weighted by molar-refractivity contribution is 6.37. The minimum absolute atomic E-state index is 0.0826. The number of benzene rings is 2. The molecule has 0 radical (unpaired) electrons. The number of hydrogen-bond acceptors (Lipinski definition) is 2. The molecule has 0 aliphatic carbocycles. The fraction of sp³-hybridized carbons (Fsp3) is 0. The normalized spacial score (nSPS) is 10.4. The van der Waals surface area contributed by atoms with Gasteiger partial charge in [0.1, 0.15) is 5.82 Å². The lowest BCUT2D eigenvalue weighted by Crippen LogP contribution is -2.06. The lowest BCUT2D eigenvalue weighted by Gasteiger charge is -2.07. The van der Waals surface area contributed by atoms with E-state index in [0.717, 1.165) is 6.07 Å². The van der Waals surface area contributed by atoms with Crippen molar-refractivity contribution in [3.8, 4) is 0 Å². The molecule has 18 heavy (non-hydrogen) atoms. The van der Waals surface area contributed by atoms with Crippen molar-refractivity contribution < 1.29 is 9.18 Å². The summed E-state index contributed by atoms with van der Waals surface area (Å²) >= 11 is 11.7. The van der Waals surface area contributed by atoms with Crippen molar-refractivity contribution in [2.45, 2.75) is 0 Å². The predicted molar refractivity (Wildman–Crippen MR) is 70.7 cm³/mol. The summed E-state index contributed by atoms with van der Waals surface area (Å²) in [4.78, 5) is 12.2. The summed E-state index contributed by atoms with van der Waals surface area (Å²) in [6, 6.07) is 8.09. The summed E-state index contributed by atoms with van der Waals surface area (Å²) in [5.74, 6) is -0.966. The largest absolute Gasteiger partial charge is 0.398 e. The summed E-state index contributed by atoms with van der Waals surface area (Å²) in [6.07, 6.45) is 0. The molecule has 0 aromatic heterocycles. The van der Waals surface area contributed by atoms with E-state index in [4.69, 9.17) is 28.9 Å². The Hall–Kier alpha value is -1.58. The van der Waals surface area contributed by atoms with Gasteiger partial charge in [0.2, 0.25) is 0 Å². The molecule has 0 amide bonds. The third-order valence-electron chi connectivity index (χ3n) is 2.44. The average molecular weight is 284 g/mol. The number of hydrogen-bond donors (Lipinski definition) is 1. The first-order valence-corrected chi connectivity index (χ1v) is 5.79. The number of halogens is 3. The lowest BCUT2D eigenvalue weighted by atomic mass is 10.0. The molecular formula is C13H8Cl2FNO. The summed E-state index contributed by atoms with van der Waals surface area (Å²) < 4.78 is 13.1. The summed E-state index contributed by atoms with van der Waals surface area (Å²) in [7, 11) is 0. The van der Waals surface area contributed by atoms with Crippen LogP contribution in [-0.2, 0) is 0 Å². The van der Waals surface area contributed by atoms with Crippen LogP contribution < -0.4 is 5.73 Å². The number of carbonyl (C=O) groups excluding carboxylic acids is 1. The molecule has 2 N–H and O–H groups in total. The highest BCUT2D eigenvalue weighted by Crippen LogP contribution is 2.25. The summed E-state index contributed by atoms with van der Waals surface area (Å²) in [6.45, 7) is 0. The van der Waals surface area contributed by atoms with Crippen LogP contribution in [0.5, 0.6) is 0 Å². The second-order valence-corrected chi connectivity index (χ2v) is 4.53. The maximum Gasteiger partial charge on any atom is 0.196 e. The Morgan fingerprint density at radius 2 is 1.78 bits per heavy atom. The minimum atomic E-state index is -0.530. The number of ketones is 1. The van der Waals surface area contributed by atoms with Crippen molar-refractivity contribution >= 4 is 34.7 Å². The standard InChI is InChI=1S/C13H8Cl2FNO/c14-7-1-3-9(11(15)5-7)13(18)10-6-8(16)2-4-12(10)17/h1-6H,17H2.